The highest BCUT2D eigenvalue weighted by Crippen LogP contribution is 2.22. The van der Waals surface area contributed by atoms with Gasteiger partial charge in [-0.15, -0.1) is 0 Å². The average Bonchev–Trinajstić information content (AvgIpc) is 2.39. The van der Waals surface area contributed by atoms with Crippen molar-refractivity contribution in [1.82, 2.24) is 4.98 Å². The Morgan fingerprint density at radius 1 is 1.20 bits per heavy atom. The number of sulfonamides is 1. The number of hydrogen-bond acceptors (Lipinski definition) is 4. The van der Waals surface area contributed by atoms with Gasteiger partial charge >= 0.3 is 0 Å². The number of aryl methyl sites for hydroxylation is 2. The van der Waals surface area contributed by atoms with E-state index in [9.17, 15) is 13.5 Å². The predicted molar refractivity (Wildman–Crippen MR) is 76.9 cm³/mol. The lowest BCUT2D eigenvalue weighted by Crippen LogP contribution is -2.15. The van der Waals surface area contributed by atoms with E-state index in [0.717, 1.165) is 5.56 Å². The number of aromatic nitrogens is 1. The molecule has 1 aromatic carbocycles. The van der Waals surface area contributed by atoms with Gasteiger partial charge in [0, 0.05) is 6.20 Å². The number of rotatable bonds is 4. The van der Waals surface area contributed by atoms with Crippen molar-refractivity contribution < 1.29 is 13.5 Å². The SMILES string of the molecule is Cc1cc(C)c(S(=O)(=O)Nc2ccccn2)cc1CO. The standard InChI is InChI=1S/C14H16N2O3S/c1-10-7-11(2)13(8-12(10)9-17)20(18,19)16-14-5-3-4-6-15-14/h3-8,17H,9H2,1-2H3,(H,15,16). The second-order valence-corrected chi connectivity index (χ2v) is 6.17. The van der Waals surface area contributed by atoms with Crippen LogP contribution in [0, 0.1) is 13.8 Å². The summed E-state index contributed by atoms with van der Waals surface area (Å²) < 4.78 is 27.2. The molecule has 0 spiro atoms. The third kappa shape index (κ3) is 2.97. The van der Waals surface area contributed by atoms with Gasteiger partial charge in [0.2, 0.25) is 0 Å². The molecule has 0 saturated heterocycles. The fourth-order valence-electron chi connectivity index (χ4n) is 1.95. The van der Waals surface area contributed by atoms with Gasteiger partial charge in [-0.05, 0) is 48.7 Å². The summed E-state index contributed by atoms with van der Waals surface area (Å²) in [6.45, 7) is 3.36. The minimum atomic E-state index is -3.72. The number of nitrogens with zero attached hydrogens (tertiary/aromatic N) is 1. The molecule has 0 aliphatic heterocycles. The van der Waals surface area contributed by atoms with Crippen molar-refractivity contribution in [1.29, 1.82) is 0 Å². The van der Waals surface area contributed by atoms with Crippen molar-refractivity contribution in [3.05, 3.63) is 53.2 Å². The van der Waals surface area contributed by atoms with Crippen LogP contribution in [-0.2, 0) is 16.6 Å². The minimum Gasteiger partial charge on any atom is -0.392 e. The maximum atomic E-state index is 12.4. The molecule has 0 unspecified atom stereocenters. The summed E-state index contributed by atoms with van der Waals surface area (Å²) in [6, 6.07) is 8.23. The Bertz CT molecular complexity index is 713. The highest BCUT2D eigenvalue weighted by Gasteiger charge is 2.19. The number of aliphatic hydroxyl groups is 1. The zero-order valence-electron chi connectivity index (χ0n) is 11.3. The van der Waals surface area contributed by atoms with E-state index in [1.54, 1.807) is 31.2 Å². The van der Waals surface area contributed by atoms with E-state index in [1.807, 2.05) is 6.92 Å². The molecule has 0 saturated carbocycles. The Morgan fingerprint density at radius 2 is 1.95 bits per heavy atom. The maximum absolute atomic E-state index is 12.4. The summed E-state index contributed by atoms with van der Waals surface area (Å²) in [5.74, 6) is 0.262. The molecule has 1 heterocycles. The molecule has 2 aromatic rings. The molecule has 0 radical (unpaired) electrons. The van der Waals surface area contributed by atoms with E-state index in [0.29, 0.717) is 11.1 Å². The van der Waals surface area contributed by atoms with Gasteiger partial charge in [0.25, 0.3) is 10.0 Å². The molecule has 2 N–H and O–H groups in total. The van der Waals surface area contributed by atoms with Crippen molar-refractivity contribution in [3.63, 3.8) is 0 Å². The van der Waals surface area contributed by atoms with E-state index in [1.165, 1.54) is 12.3 Å². The molecule has 0 fully saturated rings. The van der Waals surface area contributed by atoms with Gasteiger partial charge in [-0.2, -0.15) is 0 Å². The molecular weight excluding hydrogens is 276 g/mol. The molecule has 0 atom stereocenters. The van der Waals surface area contributed by atoms with Gasteiger partial charge in [0.15, 0.2) is 0 Å². The normalized spacial score (nSPS) is 11.3. The van der Waals surface area contributed by atoms with Gasteiger partial charge < -0.3 is 5.11 Å². The first-order valence-corrected chi connectivity index (χ1v) is 7.57. The van der Waals surface area contributed by atoms with Crippen LogP contribution in [0.4, 0.5) is 5.82 Å². The molecular formula is C14H16N2O3S. The van der Waals surface area contributed by atoms with Crippen LogP contribution in [0.25, 0.3) is 0 Å². The summed E-state index contributed by atoms with van der Waals surface area (Å²) >= 11 is 0. The number of anilines is 1. The topological polar surface area (TPSA) is 79.3 Å². The monoisotopic (exact) mass is 292 g/mol. The third-order valence-corrected chi connectivity index (χ3v) is 4.49. The fraction of sp³-hybridized carbons (Fsp3) is 0.214. The molecule has 5 nitrogen and oxygen atoms in total. The highest BCUT2D eigenvalue weighted by molar-refractivity contribution is 7.92. The summed E-state index contributed by atoms with van der Waals surface area (Å²) in [7, 11) is -3.72. The Morgan fingerprint density at radius 3 is 2.55 bits per heavy atom. The molecule has 1 aromatic heterocycles. The van der Waals surface area contributed by atoms with Gasteiger partial charge in [-0.3, -0.25) is 4.72 Å². The molecule has 2 rings (SSSR count). The van der Waals surface area contributed by atoms with Gasteiger partial charge in [-0.1, -0.05) is 12.1 Å². The van der Waals surface area contributed by atoms with Crippen LogP contribution in [0.2, 0.25) is 0 Å². The van der Waals surface area contributed by atoms with Crippen LogP contribution >= 0.6 is 0 Å². The van der Waals surface area contributed by atoms with E-state index in [4.69, 9.17) is 0 Å². The number of benzene rings is 1. The Kier molecular flexibility index (Phi) is 4.06. The van der Waals surface area contributed by atoms with Crippen LogP contribution in [0.3, 0.4) is 0 Å². The van der Waals surface area contributed by atoms with Crippen LogP contribution < -0.4 is 4.72 Å². The lowest BCUT2D eigenvalue weighted by Gasteiger charge is -2.12. The molecule has 20 heavy (non-hydrogen) atoms. The zero-order chi connectivity index (χ0) is 14.8. The second kappa shape index (κ2) is 5.60. The largest absolute Gasteiger partial charge is 0.392 e. The predicted octanol–water partition coefficient (Wildman–Crippen LogP) is 1.99. The lowest BCUT2D eigenvalue weighted by atomic mass is 10.1. The average molecular weight is 292 g/mol. The fourth-order valence-corrected chi connectivity index (χ4v) is 3.24. The van der Waals surface area contributed by atoms with Crippen LogP contribution in [0.5, 0.6) is 0 Å². The Balaban J connectivity index is 2.44. The van der Waals surface area contributed by atoms with Crippen molar-refractivity contribution >= 4 is 15.8 Å². The summed E-state index contributed by atoms with van der Waals surface area (Å²) in [4.78, 5) is 4.09. The van der Waals surface area contributed by atoms with Crippen LogP contribution in [0.15, 0.2) is 41.4 Å². The molecule has 0 aliphatic rings. The first-order chi connectivity index (χ1) is 9.44. The maximum Gasteiger partial charge on any atom is 0.263 e. The van der Waals surface area contributed by atoms with Crippen molar-refractivity contribution in [2.24, 2.45) is 0 Å². The van der Waals surface area contributed by atoms with E-state index >= 15 is 0 Å². The van der Waals surface area contributed by atoms with E-state index in [-0.39, 0.29) is 17.3 Å². The highest BCUT2D eigenvalue weighted by atomic mass is 32.2. The van der Waals surface area contributed by atoms with Gasteiger partial charge in [0.1, 0.15) is 5.82 Å². The van der Waals surface area contributed by atoms with Crippen molar-refractivity contribution in [2.75, 3.05) is 4.72 Å². The Hall–Kier alpha value is -1.92. The zero-order valence-corrected chi connectivity index (χ0v) is 12.1. The molecule has 0 amide bonds. The Labute approximate surface area is 118 Å². The first-order valence-electron chi connectivity index (χ1n) is 6.09. The summed E-state index contributed by atoms with van der Waals surface area (Å²) in [6.07, 6.45) is 1.51. The number of hydrogen-bond donors (Lipinski definition) is 2. The quantitative estimate of drug-likeness (QED) is 0.903. The van der Waals surface area contributed by atoms with Gasteiger partial charge in [0.05, 0.1) is 11.5 Å². The lowest BCUT2D eigenvalue weighted by molar-refractivity contribution is 0.280. The molecule has 0 aliphatic carbocycles. The molecule has 6 heteroatoms. The van der Waals surface area contributed by atoms with E-state index < -0.39 is 10.0 Å². The molecule has 0 bridgehead atoms. The van der Waals surface area contributed by atoms with Crippen LogP contribution in [-0.4, -0.2) is 18.5 Å². The second-order valence-electron chi connectivity index (χ2n) is 4.52. The van der Waals surface area contributed by atoms with Crippen molar-refractivity contribution in [3.8, 4) is 0 Å². The number of aliphatic hydroxyl groups excluding tert-OH is 1. The third-order valence-electron chi connectivity index (χ3n) is 3.00. The van der Waals surface area contributed by atoms with Gasteiger partial charge in [-0.25, -0.2) is 13.4 Å². The summed E-state index contributed by atoms with van der Waals surface area (Å²) in [5.41, 5.74) is 2.09. The van der Waals surface area contributed by atoms with E-state index in [2.05, 4.69) is 9.71 Å². The smallest absolute Gasteiger partial charge is 0.263 e. The number of nitrogens with one attached hydrogen (secondary N) is 1. The van der Waals surface area contributed by atoms with Crippen molar-refractivity contribution in [2.45, 2.75) is 25.3 Å². The van der Waals surface area contributed by atoms with Crippen LogP contribution in [0.1, 0.15) is 16.7 Å². The first kappa shape index (κ1) is 14.5. The minimum absolute atomic E-state index is 0.151. The number of pyridine rings is 1. The summed E-state index contributed by atoms with van der Waals surface area (Å²) in [5, 5.41) is 9.26. The molecule has 106 valence electrons.